The average molecular weight is 729 g/mol. The van der Waals surface area contributed by atoms with Crippen LogP contribution in [0.1, 0.15) is 75.3 Å². The van der Waals surface area contributed by atoms with Gasteiger partial charge in [-0.3, -0.25) is 0 Å². The summed E-state index contributed by atoms with van der Waals surface area (Å²) in [5.41, 5.74) is 13.4. The largest absolute Gasteiger partial charge is 0.305 e. The van der Waals surface area contributed by atoms with Crippen molar-refractivity contribution < 1.29 is 20.1 Å². The Morgan fingerprint density at radius 3 is 2.12 bits per heavy atom. The number of hydrogen-bond acceptors (Lipinski definition) is 2. The van der Waals surface area contributed by atoms with E-state index in [2.05, 4.69) is 127 Å². The molecule has 5 aromatic rings. The maximum atomic E-state index is 4.74. The normalized spacial score (nSPS) is 14.1. The van der Waals surface area contributed by atoms with Crippen LogP contribution in [0.5, 0.6) is 0 Å². The second-order valence-electron chi connectivity index (χ2n) is 12.5. The number of pyridine rings is 2. The first-order valence-electron chi connectivity index (χ1n) is 14.5. The van der Waals surface area contributed by atoms with E-state index in [1.54, 1.807) is 0 Å². The van der Waals surface area contributed by atoms with Crippen LogP contribution in [0.4, 0.5) is 0 Å². The molecule has 0 saturated heterocycles. The third kappa shape index (κ3) is 5.78. The summed E-state index contributed by atoms with van der Waals surface area (Å²) >= 11 is 0. The van der Waals surface area contributed by atoms with Crippen molar-refractivity contribution in [1.82, 2.24) is 9.97 Å². The smallest absolute Gasteiger partial charge is 0.0192 e. The SMILES string of the molecule is CC(C)c1ccnc(-c2[c-]ccc3c2C(C)(C)C(C)(C)c2ccccc2-3)c1.Cc1cnc(-c2[c-]cccc2)cc1C.[Ir]. The van der Waals surface area contributed by atoms with Gasteiger partial charge in [0.25, 0.3) is 0 Å². The van der Waals surface area contributed by atoms with Crippen LogP contribution in [0.2, 0.25) is 0 Å². The van der Waals surface area contributed by atoms with Crippen LogP contribution in [-0.4, -0.2) is 9.97 Å². The number of benzene rings is 3. The predicted octanol–water partition coefficient (Wildman–Crippen LogP) is 10.1. The fraction of sp³-hybridized carbons (Fsp3) is 0.282. The van der Waals surface area contributed by atoms with Gasteiger partial charge in [-0.15, -0.1) is 65.2 Å². The first-order chi connectivity index (χ1) is 19.5. The first kappa shape index (κ1) is 31.5. The molecule has 1 aliphatic rings. The maximum absolute atomic E-state index is 4.74. The Kier molecular flexibility index (Phi) is 9.36. The summed E-state index contributed by atoms with van der Waals surface area (Å²) in [6.07, 6.45) is 3.85. The molecule has 0 spiro atoms. The molecular weight excluding hydrogens is 689 g/mol. The van der Waals surface area contributed by atoms with Gasteiger partial charge in [-0.2, -0.15) is 0 Å². The Morgan fingerprint density at radius 2 is 1.43 bits per heavy atom. The zero-order chi connectivity index (χ0) is 29.4. The number of fused-ring (bicyclic) bond motifs is 3. The average Bonchev–Trinajstić information content (AvgIpc) is 2.98. The summed E-state index contributed by atoms with van der Waals surface area (Å²) in [5.74, 6) is 0.483. The second kappa shape index (κ2) is 12.5. The standard InChI is InChI=1S/C26H28N.C13H12N.Ir/c1-17(2)18-14-15-27-23(16-18)21-12-9-11-20-19-10-7-8-13-22(19)25(3,4)26(5,6)24(20)21;1-10-8-13(14-9-11(10)2)12-6-4-3-5-7-12;/h7-11,13-17H,1-6H3;3-6,8-9H,1-2H3;/q2*-1;. The number of rotatable bonds is 3. The van der Waals surface area contributed by atoms with Crippen molar-refractivity contribution in [1.29, 1.82) is 0 Å². The van der Waals surface area contributed by atoms with Crippen LogP contribution >= 0.6 is 0 Å². The van der Waals surface area contributed by atoms with Crippen molar-refractivity contribution in [3.8, 4) is 33.6 Å². The van der Waals surface area contributed by atoms with Gasteiger partial charge in [-0.05, 0) is 64.7 Å². The molecular formula is C39H40IrN2-2. The van der Waals surface area contributed by atoms with Crippen molar-refractivity contribution in [2.24, 2.45) is 0 Å². The molecule has 0 atom stereocenters. The van der Waals surface area contributed by atoms with Gasteiger partial charge in [0.15, 0.2) is 0 Å². The second-order valence-corrected chi connectivity index (χ2v) is 12.5. The molecule has 3 heteroatoms. The Morgan fingerprint density at radius 1 is 0.690 bits per heavy atom. The summed E-state index contributed by atoms with van der Waals surface area (Å²) in [6.45, 7) is 18.1. The van der Waals surface area contributed by atoms with Gasteiger partial charge < -0.3 is 9.97 Å². The fourth-order valence-corrected chi connectivity index (χ4v) is 5.75. The van der Waals surface area contributed by atoms with Crippen molar-refractivity contribution in [3.63, 3.8) is 0 Å². The maximum Gasteiger partial charge on any atom is 0.0192 e. The third-order valence-electron chi connectivity index (χ3n) is 9.14. The minimum absolute atomic E-state index is 0. The molecule has 0 saturated carbocycles. The van der Waals surface area contributed by atoms with Crippen molar-refractivity contribution >= 4 is 0 Å². The molecule has 42 heavy (non-hydrogen) atoms. The Hall–Kier alpha value is -3.39. The monoisotopic (exact) mass is 729 g/mol. The molecule has 2 heterocycles. The number of aryl methyl sites for hydroxylation is 2. The van der Waals surface area contributed by atoms with E-state index in [1.807, 2.05) is 36.7 Å². The van der Waals surface area contributed by atoms with Gasteiger partial charge in [0, 0.05) is 32.5 Å². The molecule has 2 aromatic heterocycles. The minimum atomic E-state index is -0.0424. The zero-order valence-corrected chi connectivity index (χ0v) is 28.4. The van der Waals surface area contributed by atoms with E-state index in [4.69, 9.17) is 4.98 Å². The van der Waals surface area contributed by atoms with E-state index in [0.29, 0.717) is 5.92 Å². The van der Waals surface area contributed by atoms with Gasteiger partial charge in [0.1, 0.15) is 0 Å². The molecule has 0 aliphatic heterocycles. The Balaban J connectivity index is 0.000000228. The van der Waals surface area contributed by atoms with Crippen LogP contribution in [0, 0.1) is 26.0 Å². The molecule has 3 aromatic carbocycles. The summed E-state index contributed by atoms with van der Waals surface area (Å²) in [5, 5.41) is 0. The van der Waals surface area contributed by atoms with E-state index in [-0.39, 0.29) is 30.9 Å². The molecule has 2 nitrogen and oxygen atoms in total. The summed E-state index contributed by atoms with van der Waals surface area (Å²) in [7, 11) is 0. The third-order valence-corrected chi connectivity index (χ3v) is 9.14. The van der Waals surface area contributed by atoms with Crippen molar-refractivity contribution in [3.05, 3.63) is 131 Å². The van der Waals surface area contributed by atoms with Gasteiger partial charge in [-0.1, -0.05) is 94.6 Å². The van der Waals surface area contributed by atoms with Gasteiger partial charge in [0.2, 0.25) is 0 Å². The first-order valence-corrected chi connectivity index (χ1v) is 14.5. The van der Waals surface area contributed by atoms with E-state index in [0.717, 1.165) is 22.5 Å². The topological polar surface area (TPSA) is 25.8 Å². The molecule has 0 N–H and O–H groups in total. The molecule has 0 amide bonds. The molecule has 217 valence electrons. The number of nitrogens with zero attached hydrogens (tertiary/aromatic N) is 2. The van der Waals surface area contributed by atoms with Gasteiger partial charge in [0.05, 0.1) is 0 Å². The van der Waals surface area contributed by atoms with Crippen molar-refractivity contribution in [2.75, 3.05) is 0 Å². The molecule has 1 aliphatic carbocycles. The van der Waals surface area contributed by atoms with Gasteiger partial charge in [-0.25, -0.2) is 0 Å². The predicted molar refractivity (Wildman–Crippen MR) is 172 cm³/mol. The number of aromatic nitrogens is 2. The molecule has 0 unspecified atom stereocenters. The zero-order valence-electron chi connectivity index (χ0n) is 26.0. The van der Waals surface area contributed by atoms with Crippen LogP contribution < -0.4 is 0 Å². The summed E-state index contributed by atoms with van der Waals surface area (Å²) in [4.78, 5) is 9.12. The Labute approximate surface area is 266 Å². The molecule has 0 bridgehead atoms. The van der Waals surface area contributed by atoms with Crippen molar-refractivity contribution in [2.45, 2.75) is 72.1 Å². The molecule has 6 rings (SSSR count). The fourth-order valence-electron chi connectivity index (χ4n) is 5.75. The van der Waals surface area contributed by atoms with E-state index in [1.165, 1.54) is 38.9 Å². The molecule has 0 fully saturated rings. The van der Waals surface area contributed by atoms with Crippen LogP contribution in [0.15, 0.2) is 91.3 Å². The van der Waals surface area contributed by atoms with Crippen LogP contribution in [0.3, 0.4) is 0 Å². The van der Waals surface area contributed by atoms with Crippen LogP contribution in [-0.2, 0) is 30.9 Å². The van der Waals surface area contributed by atoms with E-state index >= 15 is 0 Å². The van der Waals surface area contributed by atoms with E-state index in [9.17, 15) is 0 Å². The minimum Gasteiger partial charge on any atom is -0.305 e. The van der Waals surface area contributed by atoms with Crippen LogP contribution in [0.25, 0.3) is 33.6 Å². The summed E-state index contributed by atoms with van der Waals surface area (Å²) in [6, 6.07) is 34.2. The summed E-state index contributed by atoms with van der Waals surface area (Å²) < 4.78 is 0. The van der Waals surface area contributed by atoms with E-state index < -0.39 is 0 Å². The Bertz CT molecular complexity index is 1680. The molecule has 1 radical (unpaired) electrons. The number of hydrogen-bond donors (Lipinski definition) is 0. The quantitative estimate of drug-likeness (QED) is 0.173. The van der Waals surface area contributed by atoms with Gasteiger partial charge >= 0.3 is 0 Å².